The first-order chi connectivity index (χ1) is 13.7. The predicted molar refractivity (Wildman–Crippen MR) is 116 cm³/mol. The van der Waals surface area contributed by atoms with E-state index in [9.17, 15) is 5.11 Å². The van der Waals surface area contributed by atoms with Gasteiger partial charge in [-0.15, -0.1) is 0 Å². The van der Waals surface area contributed by atoms with Crippen LogP contribution in [0.15, 0.2) is 54.6 Å². The fraction of sp³-hybridized carbons (Fsp3) is 0.417. The van der Waals surface area contributed by atoms with E-state index in [0.29, 0.717) is 6.04 Å². The van der Waals surface area contributed by atoms with Crippen LogP contribution in [0.2, 0.25) is 0 Å². The smallest absolute Gasteiger partial charge is 0.118 e. The van der Waals surface area contributed by atoms with Gasteiger partial charge in [-0.3, -0.25) is 9.80 Å². The number of piperazine rings is 1. The number of nitrogens with zero attached hydrogens (tertiary/aromatic N) is 2. The minimum atomic E-state index is 0.241. The van der Waals surface area contributed by atoms with E-state index in [4.69, 9.17) is 4.74 Å². The van der Waals surface area contributed by atoms with Crippen molar-refractivity contribution in [2.24, 2.45) is 0 Å². The monoisotopic (exact) mass is 380 g/mol. The molecular weight excluding hydrogens is 348 g/mol. The summed E-state index contributed by atoms with van der Waals surface area (Å²) in [4.78, 5) is 5.01. The molecule has 0 amide bonds. The molecule has 1 atom stereocenters. The molecule has 1 fully saturated rings. The lowest BCUT2D eigenvalue weighted by Crippen LogP contribution is -2.52. The number of rotatable bonds is 8. The summed E-state index contributed by atoms with van der Waals surface area (Å²) in [7, 11) is 1.69. The zero-order chi connectivity index (χ0) is 19.8. The Kier molecular flexibility index (Phi) is 7.66. The van der Waals surface area contributed by atoms with Crippen molar-refractivity contribution in [2.45, 2.75) is 25.9 Å². The van der Waals surface area contributed by atoms with E-state index >= 15 is 0 Å². The molecule has 150 valence electrons. The molecule has 0 saturated carbocycles. The van der Waals surface area contributed by atoms with Crippen molar-refractivity contribution in [2.75, 3.05) is 39.9 Å². The van der Waals surface area contributed by atoms with E-state index in [1.165, 1.54) is 16.7 Å². The second kappa shape index (κ2) is 10.4. The van der Waals surface area contributed by atoms with Gasteiger partial charge in [0.05, 0.1) is 7.11 Å². The molecule has 0 radical (unpaired) electrons. The number of methoxy groups -OCH3 is 1. The highest BCUT2D eigenvalue weighted by atomic mass is 16.5. The zero-order valence-corrected chi connectivity index (χ0v) is 17.1. The Morgan fingerprint density at radius 2 is 1.89 bits per heavy atom. The van der Waals surface area contributed by atoms with E-state index in [0.717, 1.165) is 44.9 Å². The Morgan fingerprint density at radius 1 is 1.11 bits per heavy atom. The molecule has 0 unspecified atom stereocenters. The van der Waals surface area contributed by atoms with Gasteiger partial charge in [0.2, 0.25) is 0 Å². The van der Waals surface area contributed by atoms with Crippen LogP contribution in [0.3, 0.4) is 0 Å². The third-order valence-corrected chi connectivity index (χ3v) is 5.58. The Morgan fingerprint density at radius 3 is 2.61 bits per heavy atom. The number of aliphatic hydroxyl groups is 1. The lowest BCUT2D eigenvalue weighted by Gasteiger charge is -2.41. The van der Waals surface area contributed by atoms with Gasteiger partial charge in [0, 0.05) is 45.4 Å². The summed E-state index contributed by atoms with van der Waals surface area (Å²) in [5.41, 5.74) is 3.92. The normalized spacial score (nSPS) is 18.6. The third-order valence-electron chi connectivity index (χ3n) is 5.58. The minimum absolute atomic E-state index is 0.241. The van der Waals surface area contributed by atoms with E-state index < -0.39 is 0 Å². The van der Waals surface area contributed by atoms with E-state index in [1.54, 1.807) is 7.11 Å². The van der Waals surface area contributed by atoms with E-state index in [1.807, 2.05) is 12.1 Å². The second-order valence-electron chi connectivity index (χ2n) is 7.50. The number of hydrogen-bond donors (Lipinski definition) is 1. The Labute approximate surface area is 169 Å². The first-order valence-electron chi connectivity index (χ1n) is 10.1. The molecule has 1 aliphatic rings. The van der Waals surface area contributed by atoms with Crippen molar-refractivity contribution in [3.63, 3.8) is 0 Å². The first-order valence-corrected chi connectivity index (χ1v) is 10.1. The Balaban J connectivity index is 1.55. The number of aliphatic hydroxyl groups excluding tert-OH is 1. The third kappa shape index (κ3) is 5.68. The summed E-state index contributed by atoms with van der Waals surface area (Å²) in [6, 6.07) is 17.1. The Bertz CT molecular complexity index is 757. The average Bonchev–Trinajstić information content (AvgIpc) is 2.72. The van der Waals surface area contributed by atoms with Gasteiger partial charge in [0.15, 0.2) is 0 Å². The molecule has 3 rings (SSSR count). The highest BCUT2D eigenvalue weighted by Crippen LogP contribution is 2.19. The van der Waals surface area contributed by atoms with E-state index in [-0.39, 0.29) is 6.61 Å². The molecule has 2 aromatic rings. The maximum atomic E-state index is 9.54. The number of benzene rings is 2. The van der Waals surface area contributed by atoms with Crippen molar-refractivity contribution < 1.29 is 9.84 Å². The van der Waals surface area contributed by atoms with E-state index in [2.05, 4.69) is 65.3 Å². The molecule has 1 aliphatic heterocycles. The molecule has 0 spiro atoms. The van der Waals surface area contributed by atoms with Gasteiger partial charge in [-0.1, -0.05) is 48.6 Å². The average molecular weight is 381 g/mol. The summed E-state index contributed by atoms with van der Waals surface area (Å²) in [6.45, 7) is 7.41. The first kappa shape index (κ1) is 20.6. The molecule has 2 aromatic carbocycles. The van der Waals surface area contributed by atoms with Crippen LogP contribution in [-0.4, -0.2) is 60.8 Å². The molecule has 28 heavy (non-hydrogen) atoms. The Hall–Kier alpha value is -2.14. The molecule has 4 heteroatoms. The standard InChI is InChI=1S/C24H32N2O2/c1-20-6-3-4-8-22(20)18-26-16-15-25(19-23(26)13-17-27)14-5-7-21-9-11-24(28-2)12-10-21/h3-12,23,27H,13-19H2,1-2H3/b7-5+/t23-/m0/s1. The maximum Gasteiger partial charge on any atom is 0.118 e. The van der Waals surface area contributed by atoms with Crippen LogP contribution in [0, 0.1) is 6.92 Å². The summed E-state index contributed by atoms with van der Waals surface area (Å²) in [6.07, 6.45) is 5.22. The lowest BCUT2D eigenvalue weighted by atomic mass is 10.0. The van der Waals surface area contributed by atoms with Crippen LogP contribution in [0.25, 0.3) is 6.08 Å². The van der Waals surface area contributed by atoms with Crippen LogP contribution in [-0.2, 0) is 6.54 Å². The van der Waals surface area contributed by atoms with Crippen molar-refractivity contribution >= 4 is 6.08 Å². The van der Waals surface area contributed by atoms with Crippen LogP contribution >= 0.6 is 0 Å². The predicted octanol–water partition coefficient (Wildman–Crippen LogP) is 3.59. The molecule has 0 aromatic heterocycles. The fourth-order valence-electron chi connectivity index (χ4n) is 3.81. The van der Waals surface area contributed by atoms with Gasteiger partial charge in [0.25, 0.3) is 0 Å². The van der Waals surface area contributed by atoms with Crippen molar-refractivity contribution in [1.82, 2.24) is 9.80 Å². The molecule has 0 aliphatic carbocycles. The largest absolute Gasteiger partial charge is 0.497 e. The van der Waals surface area contributed by atoms with Crippen LogP contribution in [0.4, 0.5) is 0 Å². The van der Waals surface area contributed by atoms with Gasteiger partial charge < -0.3 is 9.84 Å². The van der Waals surface area contributed by atoms with Crippen LogP contribution in [0.5, 0.6) is 5.75 Å². The van der Waals surface area contributed by atoms with Gasteiger partial charge in [0.1, 0.15) is 5.75 Å². The van der Waals surface area contributed by atoms with Crippen molar-refractivity contribution in [1.29, 1.82) is 0 Å². The molecular formula is C24H32N2O2. The van der Waals surface area contributed by atoms with Crippen LogP contribution in [0.1, 0.15) is 23.1 Å². The fourth-order valence-corrected chi connectivity index (χ4v) is 3.81. The topological polar surface area (TPSA) is 35.9 Å². The molecule has 1 N–H and O–H groups in total. The summed E-state index contributed by atoms with van der Waals surface area (Å²) < 4.78 is 5.21. The minimum Gasteiger partial charge on any atom is -0.497 e. The van der Waals surface area contributed by atoms with Crippen molar-refractivity contribution in [3.05, 3.63) is 71.3 Å². The molecule has 1 heterocycles. The lowest BCUT2D eigenvalue weighted by molar-refractivity contribution is 0.0595. The number of ether oxygens (including phenoxy) is 1. The van der Waals surface area contributed by atoms with Gasteiger partial charge >= 0.3 is 0 Å². The zero-order valence-electron chi connectivity index (χ0n) is 17.1. The highest BCUT2D eigenvalue weighted by molar-refractivity contribution is 5.50. The SMILES string of the molecule is COc1ccc(/C=C/CN2CCN(Cc3ccccc3C)[C@@H](CCO)C2)cc1. The summed E-state index contributed by atoms with van der Waals surface area (Å²) in [5.74, 6) is 0.883. The summed E-state index contributed by atoms with van der Waals surface area (Å²) in [5, 5.41) is 9.54. The van der Waals surface area contributed by atoms with Crippen molar-refractivity contribution in [3.8, 4) is 5.75 Å². The number of hydrogen-bond acceptors (Lipinski definition) is 4. The molecule has 4 nitrogen and oxygen atoms in total. The molecule has 0 bridgehead atoms. The second-order valence-corrected chi connectivity index (χ2v) is 7.50. The van der Waals surface area contributed by atoms with Gasteiger partial charge in [-0.2, -0.15) is 0 Å². The molecule has 1 saturated heterocycles. The number of aryl methyl sites for hydroxylation is 1. The highest BCUT2D eigenvalue weighted by Gasteiger charge is 2.26. The summed E-state index contributed by atoms with van der Waals surface area (Å²) >= 11 is 0. The quantitative estimate of drug-likeness (QED) is 0.759. The van der Waals surface area contributed by atoms with Gasteiger partial charge in [-0.25, -0.2) is 0 Å². The van der Waals surface area contributed by atoms with Gasteiger partial charge in [-0.05, 0) is 42.2 Å². The maximum absolute atomic E-state index is 9.54. The van der Waals surface area contributed by atoms with Crippen LogP contribution < -0.4 is 4.74 Å².